The van der Waals surface area contributed by atoms with Crippen LogP contribution < -0.4 is 16.3 Å². The number of alkyl halides is 1. The summed E-state index contributed by atoms with van der Waals surface area (Å²) in [4.78, 5) is 47.5. The molecule has 2 atom stereocenters. The van der Waals surface area contributed by atoms with Crippen LogP contribution in [0.1, 0.15) is 57.5 Å². The lowest BCUT2D eigenvalue weighted by molar-refractivity contribution is -0.168. The van der Waals surface area contributed by atoms with Crippen LogP contribution in [-0.2, 0) is 26.8 Å². The van der Waals surface area contributed by atoms with Crippen molar-refractivity contribution < 1.29 is 28.9 Å². The van der Waals surface area contributed by atoms with Crippen LogP contribution in [0.25, 0.3) is 22.1 Å². The molecule has 2 N–H and O–H groups in total. The molecule has 0 unspecified atom stereocenters. The number of carbonyl (C=O) groups is 2. The van der Waals surface area contributed by atoms with Crippen LogP contribution in [0.5, 0.6) is 0 Å². The molecule has 4 aromatic rings. The number of aromatic nitrogens is 6. The molecule has 2 aliphatic rings. The fourth-order valence-corrected chi connectivity index (χ4v) is 5.74. The molecule has 6 rings (SSSR count). The Morgan fingerprint density at radius 3 is 2.74 bits per heavy atom. The van der Waals surface area contributed by atoms with Crippen LogP contribution in [-0.4, -0.2) is 66.3 Å². The number of hydrogen-bond donors (Lipinski definition) is 2. The molecule has 0 spiro atoms. The minimum atomic E-state index is -2.81. The first-order chi connectivity index (χ1) is 21.6. The lowest BCUT2D eigenvalue weighted by Crippen LogP contribution is -2.55. The lowest BCUT2D eigenvalue weighted by Gasteiger charge is -2.42. The normalized spacial score (nSPS) is 27.2. The standard InChI is InChI=1S/C28H33FN8O5/c1-15(2)42-25(38)28(11-17(29)12-28)37-24-16(13-31-37)5-8-22(34-24)33-23-10-20-21(14-30-23)35(3)27(40)36(20)19-7-6-18(9-19)32-26(39)41-4/h5,8,10,13-15,17-19H,6-7,9,11-12H2,1-4H3,(H,32,39)(H,30,33,34)/t17?,18-,19-,28?/m1/s1/i3D3,18D. The van der Waals surface area contributed by atoms with Crippen molar-refractivity contribution >= 4 is 45.8 Å². The number of methoxy groups -OCH3 is 1. The summed E-state index contributed by atoms with van der Waals surface area (Å²) in [5, 5.41) is 10.5. The molecule has 2 saturated carbocycles. The topological polar surface area (TPSA) is 147 Å². The average Bonchev–Trinajstić information content (AvgIpc) is 3.62. The average molecular weight is 585 g/mol. The molecule has 4 heterocycles. The number of nitrogens with zero attached hydrogens (tertiary/aromatic N) is 6. The maximum absolute atomic E-state index is 14.2. The van der Waals surface area contributed by atoms with Crippen LogP contribution in [0.15, 0.2) is 35.4 Å². The number of pyridine rings is 2. The summed E-state index contributed by atoms with van der Waals surface area (Å²) in [7, 11) is 1.19. The molecule has 0 aliphatic heterocycles. The Hall–Kier alpha value is -4.49. The van der Waals surface area contributed by atoms with Gasteiger partial charge < -0.3 is 20.1 Å². The number of carbonyl (C=O) groups excluding carboxylic acids is 2. The Bertz CT molecular complexity index is 1900. The van der Waals surface area contributed by atoms with E-state index in [0.29, 0.717) is 27.8 Å². The smallest absolute Gasteiger partial charge is 0.407 e. The van der Waals surface area contributed by atoms with Gasteiger partial charge in [0.1, 0.15) is 17.8 Å². The second-order valence-corrected chi connectivity index (χ2v) is 10.9. The molecule has 222 valence electrons. The second-order valence-electron chi connectivity index (χ2n) is 10.9. The molecule has 14 heteroatoms. The summed E-state index contributed by atoms with van der Waals surface area (Å²) < 4.78 is 60.3. The molecule has 1 amide bonds. The van der Waals surface area contributed by atoms with Gasteiger partial charge in [-0.15, -0.1) is 0 Å². The zero-order chi connectivity index (χ0) is 33.2. The number of aryl methyl sites for hydroxylation is 1. The van der Waals surface area contributed by atoms with Gasteiger partial charge in [0.15, 0.2) is 11.2 Å². The van der Waals surface area contributed by atoms with Gasteiger partial charge >= 0.3 is 17.8 Å². The fourth-order valence-electron chi connectivity index (χ4n) is 5.74. The molecule has 2 fully saturated rings. The second kappa shape index (κ2) is 10.4. The highest BCUT2D eigenvalue weighted by Gasteiger charge is 2.55. The summed E-state index contributed by atoms with van der Waals surface area (Å²) >= 11 is 0. The van der Waals surface area contributed by atoms with E-state index in [1.807, 2.05) is 0 Å². The van der Waals surface area contributed by atoms with Crippen molar-refractivity contribution in [1.82, 2.24) is 34.2 Å². The summed E-state index contributed by atoms with van der Waals surface area (Å²) in [6.07, 6.45) is 0.812. The van der Waals surface area contributed by atoms with Gasteiger partial charge in [0.05, 0.1) is 38.0 Å². The third-order valence-electron chi connectivity index (χ3n) is 7.77. The van der Waals surface area contributed by atoms with Crippen molar-refractivity contribution in [1.29, 1.82) is 0 Å². The van der Waals surface area contributed by atoms with Crippen LogP contribution in [0, 0.1) is 0 Å². The number of nitrogens with one attached hydrogen (secondary N) is 2. The zero-order valence-electron chi connectivity index (χ0n) is 27.3. The first kappa shape index (κ1) is 23.1. The Labute approximate surface area is 245 Å². The summed E-state index contributed by atoms with van der Waals surface area (Å²) in [5.41, 5.74) is -1.48. The van der Waals surface area contributed by atoms with Crippen molar-refractivity contribution in [2.75, 3.05) is 12.4 Å². The fraction of sp³-hybridized carbons (Fsp3) is 0.500. The van der Waals surface area contributed by atoms with Crippen molar-refractivity contribution in [2.24, 2.45) is 6.98 Å². The minimum Gasteiger partial charge on any atom is -0.461 e. The van der Waals surface area contributed by atoms with E-state index < -0.39 is 54.6 Å². The Morgan fingerprint density at radius 2 is 2.02 bits per heavy atom. The van der Waals surface area contributed by atoms with Crippen LogP contribution in [0.2, 0.25) is 0 Å². The van der Waals surface area contributed by atoms with Crippen LogP contribution >= 0.6 is 0 Å². The first-order valence-corrected chi connectivity index (χ1v) is 13.6. The zero-order valence-corrected chi connectivity index (χ0v) is 23.3. The van der Waals surface area contributed by atoms with E-state index in [9.17, 15) is 18.8 Å². The summed E-state index contributed by atoms with van der Waals surface area (Å²) in [5.74, 6) is -0.0658. The number of ether oxygens (including phenoxy) is 2. The summed E-state index contributed by atoms with van der Waals surface area (Å²) in [6, 6.07) is 2.88. The molecule has 2 aliphatic carbocycles. The van der Waals surface area contributed by atoms with E-state index in [2.05, 4.69) is 30.4 Å². The Balaban J connectivity index is 1.37. The van der Waals surface area contributed by atoms with Gasteiger partial charge in [-0.05, 0) is 45.2 Å². The minimum absolute atomic E-state index is 0.0378. The number of anilines is 2. The van der Waals surface area contributed by atoms with E-state index >= 15 is 0 Å². The molecule has 13 nitrogen and oxygen atoms in total. The molecular formula is C28H33FN8O5. The quantitative estimate of drug-likeness (QED) is 0.312. The number of fused-ring (bicyclic) bond motifs is 2. The third-order valence-corrected chi connectivity index (χ3v) is 7.77. The molecular weight excluding hydrogens is 547 g/mol. The molecule has 0 aromatic carbocycles. The first-order valence-electron chi connectivity index (χ1n) is 15.6. The van der Waals surface area contributed by atoms with Gasteiger partial charge in [0, 0.05) is 47.4 Å². The third kappa shape index (κ3) is 4.64. The van der Waals surface area contributed by atoms with Crippen molar-refractivity contribution in [3.63, 3.8) is 0 Å². The SMILES string of the molecule is [2H]C([2H])([2H])n1c(=O)n([C@@H]2CC[C@@]([2H])(NC(=O)OC)C2)c2cc(Nc3ccc4cnn(C5(C(=O)OC(C)C)CC(F)C5)c4n3)ncc21. The molecule has 42 heavy (non-hydrogen) atoms. The molecule has 0 bridgehead atoms. The van der Waals surface area contributed by atoms with Gasteiger partial charge in [-0.25, -0.2) is 33.4 Å². The Morgan fingerprint density at radius 1 is 1.21 bits per heavy atom. The van der Waals surface area contributed by atoms with Crippen molar-refractivity contribution in [2.45, 2.75) is 75.8 Å². The molecule has 0 saturated heterocycles. The van der Waals surface area contributed by atoms with E-state index in [0.717, 1.165) is 0 Å². The van der Waals surface area contributed by atoms with Crippen molar-refractivity contribution in [3.8, 4) is 0 Å². The maximum atomic E-state index is 14.2. The van der Waals surface area contributed by atoms with Gasteiger partial charge in [0.2, 0.25) is 0 Å². The number of amides is 1. The number of imidazole rings is 1. The number of rotatable bonds is 7. The predicted octanol–water partition coefficient (Wildman–Crippen LogP) is 3.45. The van der Waals surface area contributed by atoms with E-state index in [-0.39, 0.29) is 42.5 Å². The van der Waals surface area contributed by atoms with E-state index in [4.69, 9.17) is 10.2 Å². The number of alkyl carbamates (subject to hydrolysis) is 1. The van der Waals surface area contributed by atoms with Gasteiger partial charge in [-0.2, -0.15) is 5.10 Å². The highest BCUT2D eigenvalue weighted by molar-refractivity contribution is 5.85. The number of esters is 1. The molecule has 4 aromatic heterocycles. The van der Waals surface area contributed by atoms with Crippen molar-refractivity contribution in [3.05, 3.63) is 41.1 Å². The lowest BCUT2D eigenvalue weighted by atomic mass is 9.75. The van der Waals surface area contributed by atoms with E-state index in [1.54, 1.807) is 26.0 Å². The van der Waals surface area contributed by atoms with Crippen LogP contribution in [0.3, 0.4) is 0 Å². The monoisotopic (exact) mass is 584 g/mol. The highest BCUT2D eigenvalue weighted by atomic mass is 19.1. The van der Waals surface area contributed by atoms with E-state index in [1.165, 1.54) is 34.8 Å². The highest BCUT2D eigenvalue weighted by Crippen LogP contribution is 2.44. The van der Waals surface area contributed by atoms with Gasteiger partial charge in [-0.1, -0.05) is 0 Å². The largest absolute Gasteiger partial charge is 0.461 e. The molecule has 0 radical (unpaired) electrons. The Kier molecular flexibility index (Phi) is 5.73. The number of hydrogen-bond acceptors (Lipinski definition) is 9. The predicted molar refractivity (Wildman–Crippen MR) is 151 cm³/mol. The summed E-state index contributed by atoms with van der Waals surface area (Å²) in [6.45, 7) is 0.614. The van der Waals surface area contributed by atoms with Crippen LogP contribution in [0.4, 0.5) is 20.8 Å². The van der Waals surface area contributed by atoms with Gasteiger partial charge in [0.25, 0.3) is 0 Å². The maximum Gasteiger partial charge on any atom is 0.407 e. The van der Waals surface area contributed by atoms with Gasteiger partial charge in [-0.3, -0.25) is 9.13 Å². The number of halogens is 1.